The predicted molar refractivity (Wildman–Crippen MR) is 75.2 cm³/mol. The number of hydrogen-bond acceptors (Lipinski definition) is 3. The molecule has 0 aliphatic heterocycles. The maximum absolute atomic E-state index is 6.32. The molecule has 0 spiro atoms. The molecule has 4 N–H and O–H groups in total. The zero-order valence-corrected chi connectivity index (χ0v) is 11.6. The fraction of sp³-hybridized carbons (Fsp3) is 0.571. The van der Waals surface area contributed by atoms with Gasteiger partial charge in [0.25, 0.3) is 0 Å². The Morgan fingerprint density at radius 3 is 2.61 bits per heavy atom. The summed E-state index contributed by atoms with van der Waals surface area (Å²) in [6.07, 6.45) is 4.46. The van der Waals surface area contributed by atoms with Crippen molar-refractivity contribution in [3.05, 3.63) is 27.8 Å². The van der Waals surface area contributed by atoms with Crippen LogP contribution < -0.4 is 16.2 Å². The summed E-state index contributed by atoms with van der Waals surface area (Å²) in [5.74, 6) is 0.849. The second kappa shape index (κ2) is 5.91. The Hall–Kier alpha value is -0.770. The lowest BCUT2D eigenvalue weighted by Gasteiger charge is -2.25. The largest absolute Gasteiger partial charge is 0.492 e. The Morgan fingerprint density at radius 2 is 2.00 bits per heavy atom. The minimum atomic E-state index is -0.134. The molecule has 0 aromatic heterocycles. The molecule has 1 aromatic rings. The van der Waals surface area contributed by atoms with Crippen molar-refractivity contribution in [2.45, 2.75) is 38.6 Å². The van der Waals surface area contributed by atoms with Crippen molar-refractivity contribution in [3.8, 4) is 5.75 Å². The average Bonchev–Trinajstić information content (AvgIpc) is 2.41. The number of ether oxygens (including phenoxy) is 1. The van der Waals surface area contributed by atoms with Gasteiger partial charge < -0.3 is 16.2 Å². The van der Waals surface area contributed by atoms with Gasteiger partial charge in [-0.05, 0) is 55.4 Å². The van der Waals surface area contributed by atoms with Crippen LogP contribution in [0, 0.1) is 0 Å². The van der Waals surface area contributed by atoms with Crippen LogP contribution in [0.4, 0.5) is 0 Å². The molecule has 2 rings (SSSR count). The highest BCUT2D eigenvalue weighted by molar-refractivity contribution is 6.32. The summed E-state index contributed by atoms with van der Waals surface area (Å²) < 4.78 is 5.70. The van der Waals surface area contributed by atoms with E-state index < -0.39 is 0 Å². The van der Waals surface area contributed by atoms with Gasteiger partial charge in [0.1, 0.15) is 5.75 Å². The second-order valence-electron chi connectivity index (χ2n) is 4.72. The Balaban J connectivity index is 2.54. The molecule has 0 bridgehead atoms. The highest BCUT2D eigenvalue weighted by Gasteiger charge is 2.23. The van der Waals surface area contributed by atoms with Gasteiger partial charge in [-0.25, -0.2) is 0 Å². The fourth-order valence-electron chi connectivity index (χ4n) is 2.67. The molecule has 1 aliphatic carbocycles. The third kappa shape index (κ3) is 2.48. The molecule has 4 heteroatoms. The van der Waals surface area contributed by atoms with E-state index in [1.54, 1.807) is 0 Å². The highest BCUT2D eigenvalue weighted by atomic mass is 35.5. The SMILES string of the molecule is CCOc1c(Cl)cc(C(N)CN)c2c1CCCC2. The Kier molecular flexibility index (Phi) is 4.49. The van der Waals surface area contributed by atoms with E-state index in [1.807, 2.05) is 13.0 Å². The molecule has 0 saturated heterocycles. The molecule has 0 saturated carbocycles. The van der Waals surface area contributed by atoms with Gasteiger partial charge in [0.05, 0.1) is 11.6 Å². The van der Waals surface area contributed by atoms with Gasteiger partial charge in [-0.3, -0.25) is 0 Å². The second-order valence-corrected chi connectivity index (χ2v) is 5.12. The summed E-state index contributed by atoms with van der Waals surface area (Å²) in [4.78, 5) is 0. The first-order chi connectivity index (χ1) is 8.69. The van der Waals surface area contributed by atoms with E-state index in [1.165, 1.54) is 24.0 Å². The third-order valence-corrected chi connectivity index (χ3v) is 3.81. The first-order valence-corrected chi connectivity index (χ1v) is 6.99. The Bertz CT molecular complexity index is 434. The molecule has 3 nitrogen and oxygen atoms in total. The van der Waals surface area contributed by atoms with E-state index in [0.29, 0.717) is 18.2 Å². The van der Waals surface area contributed by atoms with Gasteiger partial charge in [0.2, 0.25) is 0 Å². The van der Waals surface area contributed by atoms with E-state index in [2.05, 4.69) is 0 Å². The topological polar surface area (TPSA) is 61.3 Å². The van der Waals surface area contributed by atoms with Gasteiger partial charge in [-0.15, -0.1) is 0 Å². The van der Waals surface area contributed by atoms with Crippen molar-refractivity contribution in [2.75, 3.05) is 13.2 Å². The fourth-order valence-corrected chi connectivity index (χ4v) is 2.95. The van der Waals surface area contributed by atoms with Crippen LogP contribution in [0.25, 0.3) is 0 Å². The van der Waals surface area contributed by atoms with Crippen LogP contribution in [0.1, 0.15) is 42.5 Å². The zero-order chi connectivity index (χ0) is 13.1. The van der Waals surface area contributed by atoms with E-state index >= 15 is 0 Å². The van der Waals surface area contributed by atoms with Crippen molar-refractivity contribution in [3.63, 3.8) is 0 Å². The number of fused-ring (bicyclic) bond motifs is 1. The monoisotopic (exact) mass is 268 g/mol. The van der Waals surface area contributed by atoms with Crippen LogP contribution in [-0.4, -0.2) is 13.2 Å². The highest BCUT2D eigenvalue weighted by Crippen LogP contribution is 2.39. The zero-order valence-electron chi connectivity index (χ0n) is 10.8. The molecule has 1 aromatic carbocycles. The molecule has 0 heterocycles. The Morgan fingerprint density at radius 1 is 1.33 bits per heavy atom. The lowest BCUT2D eigenvalue weighted by Crippen LogP contribution is -2.24. The minimum Gasteiger partial charge on any atom is -0.492 e. The van der Waals surface area contributed by atoms with Crippen LogP contribution >= 0.6 is 11.6 Å². The number of benzene rings is 1. The van der Waals surface area contributed by atoms with Gasteiger partial charge in [-0.1, -0.05) is 11.6 Å². The molecule has 0 amide bonds. The molecule has 1 atom stereocenters. The van der Waals surface area contributed by atoms with Crippen LogP contribution in [0.15, 0.2) is 6.07 Å². The van der Waals surface area contributed by atoms with E-state index in [0.717, 1.165) is 24.2 Å². The average molecular weight is 269 g/mol. The molecular formula is C14H21ClN2O. The summed E-state index contributed by atoms with van der Waals surface area (Å²) in [7, 11) is 0. The maximum atomic E-state index is 6.32. The molecule has 1 aliphatic rings. The lowest BCUT2D eigenvalue weighted by molar-refractivity contribution is 0.334. The molecule has 0 fully saturated rings. The number of rotatable bonds is 4. The normalized spacial score (nSPS) is 16.2. The first kappa shape index (κ1) is 13.7. The number of hydrogen-bond donors (Lipinski definition) is 2. The molecule has 0 radical (unpaired) electrons. The standard InChI is InChI=1S/C14H21ClN2O/c1-2-18-14-10-6-4-3-5-9(10)11(7-12(14)15)13(17)8-16/h7,13H,2-6,8,16-17H2,1H3. The van der Waals surface area contributed by atoms with Crippen LogP contribution in [0.3, 0.4) is 0 Å². The number of nitrogens with two attached hydrogens (primary N) is 2. The van der Waals surface area contributed by atoms with Gasteiger partial charge in [0.15, 0.2) is 0 Å². The smallest absolute Gasteiger partial charge is 0.141 e. The van der Waals surface area contributed by atoms with Crippen molar-refractivity contribution >= 4 is 11.6 Å². The summed E-state index contributed by atoms with van der Waals surface area (Å²) >= 11 is 6.32. The van der Waals surface area contributed by atoms with Gasteiger partial charge in [0, 0.05) is 12.6 Å². The summed E-state index contributed by atoms with van der Waals surface area (Å²) in [5, 5.41) is 0.663. The van der Waals surface area contributed by atoms with Crippen LogP contribution in [-0.2, 0) is 12.8 Å². The van der Waals surface area contributed by atoms with E-state index in [4.69, 9.17) is 27.8 Å². The lowest BCUT2D eigenvalue weighted by atomic mass is 9.85. The van der Waals surface area contributed by atoms with Crippen molar-refractivity contribution < 1.29 is 4.74 Å². The van der Waals surface area contributed by atoms with Gasteiger partial charge in [-0.2, -0.15) is 0 Å². The third-order valence-electron chi connectivity index (χ3n) is 3.53. The maximum Gasteiger partial charge on any atom is 0.141 e. The molecular weight excluding hydrogens is 248 g/mol. The molecule has 100 valence electrons. The van der Waals surface area contributed by atoms with Crippen molar-refractivity contribution in [2.24, 2.45) is 11.5 Å². The van der Waals surface area contributed by atoms with Crippen LogP contribution in [0.2, 0.25) is 5.02 Å². The minimum absolute atomic E-state index is 0.134. The van der Waals surface area contributed by atoms with Gasteiger partial charge >= 0.3 is 0 Å². The molecule has 18 heavy (non-hydrogen) atoms. The first-order valence-electron chi connectivity index (χ1n) is 6.61. The summed E-state index contributed by atoms with van der Waals surface area (Å²) in [6, 6.07) is 1.80. The van der Waals surface area contributed by atoms with E-state index in [-0.39, 0.29) is 6.04 Å². The number of halogens is 1. The summed E-state index contributed by atoms with van der Waals surface area (Å²) in [5.41, 5.74) is 15.4. The predicted octanol–water partition coefficient (Wildman–Crippen LogP) is 2.58. The van der Waals surface area contributed by atoms with Crippen LogP contribution in [0.5, 0.6) is 5.75 Å². The summed E-state index contributed by atoms with van der Waals surface area (Å²) in [6.45, 7) is 3.05. The quantitative estimate of drug-likeness (QED) is 0.882. The molecule has 1 unspecified atom stereocenters. The van der Waals surface area contributed by atoms with E-state index in [9.17, 15) is 0 Å². The Labute approximate surface area is 113 Å². The van der Waals surface area contributed by atoms with Crippen molar-refractivity contribution in [1.29, 1.82) is 0 Å². The van der Waals surface area contributed by atoms with Crippen molar-refractivity contribution in [1.82, 2.24) is 0 Å².